The van der Waals surface area contributed by atoms with E-state index in [9.17, 15) is 18.4 Å². The molecular formula is C31H30F3N11O3. The van der Waals surface area contributed by atoms with E-state index in [2.05, 4.69) is 42.4 Å². The maximum atomic E-state index is 10.6. The third-order valence-corrected chi connectivity index (χ3v) is 8.02. The van der Waals surface area contributed by atoms with E-state index in [4.69, 9.17) is 24.6 Å². The summed E-state index contributed by atoms with van der Waals surface area (Å²) in [4.78, 5) is 27.7. The number of pyridine rings is 2. The molecule has 0 unspecified atom stereocenters. The first-order valence-corrected chi connectivity index (χ1v) is 14.9. The molecule has 0 aliphatic carbocycles. The monoisotopic (exact) mass is 661 g/mol. The molecule has 2 aliphatic rings. The smallest absolute Gasteiger partial charge is 0.481 e. The van der Waals surface area contributed by atoms with E-state index in [-0.39, 0.29) is 0 Å². The predicted molar refractivity (Wildman–Crippen MR) is 166 cm³/mol. The maximum absolute atomic E-state index is 10.6. The lowest BCUT2D eigenvalue weighted by atomic mass is 10.1. The molecule has 0 aromatic carbocycles. The van der Waals surface area contributed by atoms with Gasteiger partial charge in [-0.15, -0.1) is 0 Å². The molecule has 2 fully saturated rings. The number of ether oxygens (including phenoxy) is 1. The van der Waals surface area contributed by atoms with Crippen LogP contribution in [0.15, 0.2) is 61.4 Å². The van der Waals surface area contributed by atoms with Crippen LogP contribution >= 0.6 is 0 Å². The molecule has 5 aromatic heterocycles. The molecule has 48 heavy (non-hydrogen) atoms. The number of methoxy groups -OCH3 is 1. The summed E-state index contributed by atoms with van der Waals surface area (Å²) in [5.41, 5.74) is 5.47. The van der Waals surface area contributed by atoms with Crippen LogP contribution in [0.25, 0.3) is 28.0 Å². The van der Waals surface area contributed by atoms with Crippen LogP contribution in [0.2, 0.25) is 0 Å². The summed E-state index contributed by atoms with van der Waals surface area (Å²) < 4.78 is 40.6. The molecule has 0 atom stereocenters. The molecule has 7 heterocycles. The Morgan fingerprint density at radius 1 is 1.02 bits per heavy atom. The van der Waals surface area contributed by atoms with E-state index >= 15 is 0 Å². The molecule has 0 spiro atoms. The van der Waals surface area contributed by atoms with Crippen molar-refractivity contribution in [2.75, 3.05) is 51.3 Å². The molecule has 5 aromatic rings. The molecule has 7 rings (SSSR count). The van der Waals surface area contributed by atoms with Gasteiger partial charge in [0.2, 0.25) is 5.88 Å². The molecule has 2 aliphatic heterocycles. The van der Waals surface area contributed by atoms with Gasteiger partial charge in [-0.25, -0.2) is 24.3 Å². The Morgan fingerprint density at radius 2 is 1.79 bits per heavy atom. The number of nitrogens with zero attached hydrogens (tertiary/aromatic N) is 10. The molecule has 2 N–H and O–H groups in total. The number of alkyl halides is 3. The van der Waals surface area contributed by atoms with Crippen molar-refractivity contribution in [3.63, 3.8) is 0 Å². The highest BCUT2D eigenvalue weighted by Gasteiger charge is 2.38. The van der Waals surface area contributed by atoms with Crippen molar-refractivity contribution in [2.45, 2.75) is 18.8 Å². The third-order valence-electron chi connectivity index (χ3n) is 8.02. The number of piperazine rings is 1. The zero-order chi connectivity index (χ0) is 33.8. The van der Waals surface area contributed by atoms with E-state index in [1.165, 1.54) is 5.56 Å². The van der Waals surface area contributed by atoms with Crippen molar-refractivity contribution in [3.8, 4) is 34.5 Å². The van der Waals surface area contributed by atoms with Gasteiger partial charge < -0.3 is 20.1 Å². The number of aromatic nitrogens is 7. The Balaban J connectivity index is 0.000000519. The van der Waals surface area contributed by atoms with Gasteiger partial charge in [0.15, 0.2) is 0 Å². The quantitative estimate of drug-likeness (QED) is 0.263. The number of carboxylic acids is 1. The van der Waals surface area contributed by atoms with E-state index in [1.807, 2.05) is 53.9 Å². The minimum absolute atomic E-state index is 0.361. The molecule has 0 amide bonds. The lowest BCUT2D eigenvalue weighted by Crippen LogP contribution is -2.46. The summed E-state index contributed by atoms with van der Waals surface area (Å²) in [5.74, 6) is -1.20. The summed E-state index contributed by atoms with van der Waals surface area (Å²) in [6.07, 6.45) is 5.91. The number of aliphatic carboxylic acids is 1. The summed E-state index contributed by atoms with van der Waals surface area (Å²) in [7, 11) is 1.63. The minimum atomic E-state index is -5.08. The summed E-state index contributed by atoms with van der Waals surface area (Å²) in [6, 6.07) is 10.6. The topological polar surface area (TPSA) is 163 Å². The van der Waals surface area contributed by atoms with Gasteiger partial charge in [-0.2, -0.15) is 28.6 Å². The Hall–Kier alpha value is -5.60. The van der Waals surface area contributed by atoms with Crippen LogP contribution in [0.1, 0.15) is 17.2 Å². The fraction of sp³-hybridized carbons (Fsp3) is 0.323. The zero-order valence-electron chi connectivity index (χ0n) is 25.7. The molecule has 248 valence electrons. The minimum Gasteiger partial charge on any atom is -0.481 e. The van der Waals surface area contributed by atoms with Crippen LogP contribution in [-0.2, 0) is 11.3 Å². The second-order valence-corrected chi connectivity index (χ2v) is 11.1. The summed E-state index contributed by atoms with van der Waals surface area (Å²) in [5, 5.41) is 29.1. The van der Waals surface area contributed by atoms with Crippen molar-refractivity contribution < 1.29 is 27.8 Å². The molecular weight excluding hydrogens is 631 g/mol. The molecule has 2 saturated heterocycles. The molecule has 14 nitrogen and oxygen atoms in total. The van der Waals surface area contributed by atoms with Gasteiger partial charge in [-0.3, -0.25) is 9.58 Å². The van der Waals surface area contributed by atoms with E-state index in [0.29, 0.717) is 28.7 Å². The highest BCUT2D eigenvalue weighted by atomic mass is 19.4. The van der Waals surface area contributed by atoms with Crippen molar-refractivity contribution in [1.82, 2.24) is 44.6 Å². The van der Waals surface area contributed by atoms with Crippen molar-refractivity contribution in [3.05, 3.63) is 72.6 Å². The highest BCUT2D eigenvalue weighted by Crippen LogP contribution is 2.30. The number of halogens is 3. The summed E-state index contributed by atoms with van der Waals surface area (Å²) in [6.45, 7) is 6.33. The number of hydrogen-bond acceptors (Lipinski definition) is 11. The van der Waals surface area contributed by atoms with Gasteiger partial charge in [0.25, 0.3) is 0 Å². The standard InChI is InChI=1S/C29H29N11O.C2HF3O2/c1-41-27-5-2-20(11-33-27)17-37-6-8-38(9-7-37)26-4-3-21(12-32-26)28-29-22(10-30)13-35-40(29)19-25(36-28)23-14-34-39(18-23)24-15-31-16-24;3-2(4,5)1(6)7/h2-5,11-14,18-19,24,31H,6-9,15-17H2,1H3;(H,6,7). The van der Waals surface area contributed by atoms with Crippen molar-refractivity contribution in [2.24, 2.45) is 0 Å². The van der Waals surface area contributed by atoms with Gasteiger partial charge in [-0.1, -0.05) is 6.07 Å². The number of nitriles is 1. The Labute approximate surface area is 272 Å². The SMILES string of the molecule is COc1ccc(CN2CCN(c3ccc(-c4nc(-c5cnn(C6CNC6)c5)cn5ncc(C#N)c45)cn3)CC2)cn1.O=C(O)C(F)(F)F. The normalized spacial score (nSPS) is 15.4. The van der Waals surface area contributed by atoms with Crippen LogP contribution in [0.4, 0.5) is 19.0 Å². The van der Waals surface area contributed by atoms with E-state index in [1.54, 1.807) is 17.8 Å². The van der Waals surface area contributed by atoms with Crippen LogP contribution in [0.5, 0.6) is 5.88 Å². The van der Waals surface area contributed by atoms with Crippen molar-refractivity contribution >= 4 is 17.3 Å². The first-order valence-electron chi connectivity index (χ1n) is 14.9. The largest absolute Gasteiger partial charge is 0.490 e. The molecule has 17 heteroatoms. The molecule has 0 saturated carbocycles. The van der Waals surface area contributed by atoms with E-state index in [0.717, 1.165) is 68.5 Å². The Morgan fingerprint density at radius 3 is 2.38 bits per heavy atom. The van der Waals surface area contributed by atoms with Crippen LogP contribution in [0, 0.1) is 11.3 Å². The molecule has 0 radical (unpaired) electrons. The fourth-order valence-corrected chi connectivity index (χ4v) is 5.30. The zero-order valence-corrected chi connectivity index (χ0v) is 25.7. The number of anilines is 1. The van der Waals surface area contributed by atoms with Gasteiger partial charge in [0, 0.05) is 81.6 Å². The van der Waals surface area contributed by atoms with Gasteiger partial charge in [0.1, 0.15) is 23.0 Å². The number of carbonyl (C=O) groups is 1. The van der Waals surface area contributed by atoms with Crippen LogP contribution in [-0.4, -0.2) is 103 Å². The van der Waals surface area contributed by atoms with Crippen molar-refractivity contribution in [1.29, 1.82) is 5.26 Å². The Bertz CT molecular complexity index is 1920. The van der Waals surface area contributed by atoms with E-state index < -0.39 is 12.1 Å². The van der Waals surface area contributed by atoms with Gasteiger partial charge >= 0.3 is 12.1 Å². The van der Waals surface area contributed by atoms with Gasteiger partial charge in [0.05, 0.1) is 43.1 Å². The predicted octanol–water partition coefficient (Wildman–Crippen LogP) is 3.03. The number of hydrogen-bond donors (Lipinski definition) is 2. The first kappa shape index (κ1) is 32.3. The average Bonchev–Trinajstić information content (AvgIpc) is 3.72. The maximum Gasteiger partial charge on any atom is 0.490 e. The second kappa shape index (κ2) is 13.6. The number of fused-ring (bicyclic) bond motifs is 1. The number of carboxylic acid groups (broad SMARTS) is 1. The lowest BCUT2D eigenvalue weighted by Gasteiger charge is -2.35. The number of rotatable bonds is 7. The molecule has 0 bridgehead atoms. The highest BCUT2D eigenvalue weighted by molar-refractivity contribution is 5.83. The lowest BCUT2D eigenvalue weighted by molar-refractivity contribution is -0.192. The fourth-order valence-electron chi connectivity index (χ4n) is 5.30. The number of nitrogens with one attached hydrogen (secondary N) is 1. The van der Waals surface area contributed by atoms with Crippen LogP contribution < -0.4 is 15.0 Å². The third kappa shape index (κ3) is 7.04. The average molecular weight is 662 g/mol. The van der Waals surface area contributed by atoms with Gasteiger partial charge in [-0.05, 0) is 17.7 Å². The van der Waals surface area contributed by atoms with Crippen LogP contribution in [0.3, 0.4) is 0 Å². The Kier molecular flexibility index (Phi) is 9.19. The first-order chi connectivity index (χ1) is 23.1. The second-order valence-electron chi connectivity index (χ2n) is 11.1. The summed E-state index contributed by atoms with van der Waals surface area (Å²) >= 11 is 0.